The Balaban J connectivity index is 2.34. The number of hydrogen-bond donors (Lipinski definition) is 0. The van der Waals surface area contributed by atoms with Crippen LogP contribution in [-0.4, -0.2) is 26.9 Å². The number of benzene rings is 1. The highest BCUT2D eigenvalue weighted by molar-refractivity contribution is 7.94. The average Bonchev–Trinajstić information content (AvgIpc) is 2.64. The van der Waals surface area contributed by atoms with Gasteiger partial charge in [0.2, 0.25) is 9.84 Å². The molecule has 1 aliphatic heterocycles. The Morgan fingerprint density at radius 3 is 2.41 bits per heavy atom. The third-order valence-corrected chi connectivity index (χ3v) is 4.57. The van der Waals surface area contributed by atoms with E-state index >= 15 is 0 Å². The summed E-state index contributed by atoms with van der Waals surface area (Å²) >= 11 is 0. The molecule has 0 saturated carbocycles. The van der Waals surface area contributed by atoms with Crippen molar-refractivity contribution in [3.05, 3.63) is 40.9 Å². The minimum Gasteiger partial charge on any atom is -0.377 e. The van der Waals surface area contributed by atoms with Crippen molar-refractivity contribution < 1.29 is 8.42 Å². The zero-order valence-electron chi connectivity index (χ0n) is 10.2. The number of hydrogen-bond acceptors (Lipinski definition) is 3. The zero-order chi connectivity index (χ0) is 12.5. The van der Waals surface area contributed by atoms with E-state index in [2.05, 4.69) is 0 Å². The van der Waals surface area contributed by atoms with Gasteiger partial charge in [-0.05, 0) is 31.9 Å². The van der Waals surface area contributed by atoms with Crippen molar-refractivity contribution in [3.63, 3.8) is 0 Å². The van der Waals surface area contributed by atoms with Gasteiger partial charge in [-0.15, -0.1) is 0 Å². The summed E-state index contributed by atoms with van der Waals surface area (Å²) < 4.78 is 24.3. The Bertz CT molecular complexity index is 529. The Morgan fingerprint density at radius 2 is 1.88 bits per heavy atom. The van der Waals surface area contributed by atoms with E-state index in [1.54, 1.807) is 12.1 Å². The number of nitrogens with zero attached hydrogens (tertiary/aromatic N) is 1. The van der Waals surface area contributed by atoms with Crippen LogP contribution < -0.4 is 0 Å². The number of aryl methyl sites for hydroxylation is 1. The maximum Gasteiger partial charge on any atom is 0.201 e. The summed E-state index contributed by atoms with van der Waals surface area (Å²) in [7, 11) is -1.36. The highest BCUT2D eigenvalue weighted by atomic mass is 32.2. The number of rotatable bonds is 2. The summed E-state index contributed by atoms with van der Waals surface area (Å²) in [5.41, 5.74) is 1.97. The van der Waals surface area contributed by atoms with E-state index in [1.807, 2.05) is 31.0 Å². The van der Waals surface area contributed by atoms with Crippen LogP contribution in [0.5, 0.6) is 0 Å². The Morgan fingerprint density at radius 1 is 1.24 bits per heavy atom. The van der Waals surface area contributed by atoms with Crippen molar-refractivity contribution in [2.24, 2.45) is 0 Å². The molecule has 0 unspecified atom stereocenters. The maximum absolute atomic E-state index is 12.1. The molecule has 3 nitrogen and oxygen atoms in total. The van der Waals surface area contributed by atoms with E-state index in [0.29, 0.717) is 4.90 Å². The quantitative estimate of drug-likeness (QED) is 0.809. The van der Waals surface area contributed by atoms with Crippen molar-refractivity contribution in [1.82, 2.24) is 4.90 Å². The van der Waals surface area contributed by atoms with Crippen LogP contribution >= 0.6 is 0 Å². The summed E-state index contributed by atoms with van der Waals surface area (Å²) in [5.74, 6) is 0. The molecule has 1 aromatic rings. The molecule has 1 fully saturated rings. The Hall–Kier alpha value is -1.29. The third-order valence-electron chi connectivity index (χ3n) is 3.06. The molecule has 0 N–H and O–H groups in total. The number of sulfone groups is 1. The fraction of sp³-hybridized carbons (Fsp3) is 0.385. The van der Waals surface area contributed by atoms with Gasteiger partial charge in [-0.3, -0.25) is 0 Å². The molecule has 0 bridgehead atoms. The fourth-order valence-electron chi connectivity index (χ4n) is 1.96. The van der Waals surface area contributed by atoms with E-state index in [0.717, 1.165) is 30.6 Å². The smallest absolute Gasteiger partial charge is 0.201 e. The topological polar surface area (TPSA) is 37.4 Å². The maximum atomic E-state index is 12.1. The first-order chi connectivity index (χ1) is 7.99. The van der Waals surface area contributed by atoms with E-state index in [9.17, 15) is 8.42 Å². The summed E-state index contributed by atoms with van der Waals surface area (Å²) in [6.07, 6.45) is 1.88. The predicted molar refractivity (Wildman–Crippen MR) is 68.3 cm³/mol. The normalized spacial score (nSPS) is 18.9. The SMILES string of the molecule is Cc1ccc(S(=O)(=O)/C=C2\CCCN2C)cc1. The molecule has 0 radical (unpaired) electrons. The van der Waals surface area contributed by atoms with Crippen LogP contribution in [0, 0.1) is 6.92 Å². The third kappa shape index (κ3) is 2.69. The minimum absolute atomic E-state index is 0.371. The van der Waals surface area contributed by atoms with Crippen molar-refractivity contribution in [2.75, 3.05) is 13.6 Å². The highest BCUT2D eigenvalue weighted by Gasteiger charge is 2.18. The van der Waals surface area contributed by atoms with Gasteiger partial charge in [0.05, 0.1) is 10.3 Å². The van der Waals surface area contributed by atoms with Crippen LogP contribution in [0.15, 0.2) is 40.3 Å². The zero-order valence-corrected chi connectivity index (χ0v) is 11.0. The van der Waals surface area contributed by atoms with Crippen molar-refractivity contribution in [3.8, 4) is 0 Å². The Labute approximate surface area is 103 Å². The van der Waals surface area contributed by atoms with Crippen LogP contribution in [0.4, 0.5) is 0 Å². The highest BCUT2D eigenvalue weighted by Crippen LogP contribution is 2.22. The monoisotopic (exact) mass is 251 g/mol. The number of allylic oxidation sites excluding steroid dienone is 1. The van der Waals surface area contributed by atoms with E-state index in [1.165, 1.54) is 5.41 Å². The fourth-order valence-corrected chi connectivity index (χ4v) is 3.26. The van der Waals surface area contributed by atoms with E-state index in [-0.39, 0.29) is 0 Å². The molecule has 1 aromatic carbocycles. The van der Waals surface area contributed by atoms with Crippen molar-refractivity contribution in [2.45, 2.75) is 24.7 Å². The lowest BCUT2D eigenvalue weighted by Gasteiger charge is -2.12. The van der Waals surface area contributed by atoms with Gasteiger partial charge < -0.3 is 4.90 Å². The van der Waals surface area contributed by atoms with Gasteiger partial charge in [0.25, 0.3) is 0 Å². The molecule has 2 rings (SSSR count). The summed E-state index contributed by atoms with van der Waals surface area (Å²) in [6.45, 7) is 2.88. The molecule has 1 heterocycles. The minimum atomic E-state index is -3.30. The van der Waals surface area contributed by atoms with Gasteiger partial charge in [-0.1, -0.05) is 17.7 Å². The molecule has 17 heavy (non-hydrogen) atoms. The average molecular weight is 251 g/mol. The van der Waals surface area contributed by atoms with Crippen LogP contribution in [-0.2, 0) is 9.84 Å². The molecule has 0 amide bonds. The second-order valence-electron chi connectivity index (χ2n) is 4.49. The second kappa shape index (κ2) is 4.53. The van der Waals surface area contributed by atoms with Gasteiger partial charge >= 0.3 is 0 Å². The van der Waals surface area contributed by atoms with Crippen molar-refractivity contribution >= 4 is 9.84 Å². The lowest BCUT2D eigenvalue weighted by atomic mass is 10.2. The largest absolute Gasteiger partial charge is 0.377 e. The number of likely N-dealkylation sites (tertiary alicyclic amines) is 1. The van der Waals surface area contributed by atoms with Gasteiger partial charge in [-0.25, -0.2) is 8.42 Å². The van der Waals surface area contributed by atoms with Gasteiger partial charge in [-0.2, -0.15) is 0 Å². The van der Waals surface area contributed by atoms with Gasteiger partial charge in [0, 0.05) is 19.3 Å². The lowest BCUT2D eigenvalue weighted by Crippen LogP contribution is -2.11. The first-order valence-electron chi connectivity index (χ1n) is 5.72. The Kier molecular flexibility index (Phi) is 3.24. The summed E-state index contributed by atoms with van der Waals surface area (Å²) in [5, 5.41) is 1.41. The molecule has 0 aromatic heterocycles. The molecule has 0 spiro atoms. The first-order valence-corrected chi connectivity index (χ1v) is 7.27. The van der Waals surface area contributed by atoms with Crippen molar-refractivity contribution in [1.29, 1.82) is 0 Å². The lowest BCUT2D eigenvalue weighted by molar-refractivity contribution is 0.481. The molecule has 0 atom stereocenters. The standard InChI is InChI=1S/C13H17NO2S/c1-11-5-7-13(8-6-11)17(15,16)10-12-4-3-9-14(12)2/h5-8,10H,3-4,9H2,1-2H3/b12-10+. The molecule has 1 saturated heterocycles. The molecule has 92 valence electrons. The van der Waals surface area contributed by atoms with Gasteiger partial charge in [0.15, 0.2) is 0 Å². The molecule has 0 aliphatic carbocycles. The summed E-state index contributed by atoms with van der Waals surface area (Å²) in [6, 6.07) is 6.97. The second-order valence-corrected chi connectivity index (χ2v) is 6.29. The van der Waals surface area contributed by atoms with Crippen LogP contribution in [0.25, 0.3) is 0 Å². The van der Waals surface area contributed by atoms with Crippen LogP contribution in [0.2, 0.25) is 0 Å². The molecule has 4 heteroatoms. The summed E-state index contributed by atoms with van der Waals surface area (Å²) in [4.78, 5) is 2.38. The molecule has 1 aliphatic rings. The van der Waals surface area contributed by atoms with E-state index in [4.69, 9.17) is 0 Å². The van der Waals surface area contributed by atoms with E-state index < -0.39 is 9.84 Å². The van der Waals surface area contributed by atoms with Gasteiger partial charge in [0.1, 0.15) is 0 Å². The molecular formula is C13H17NO2S. The van der Waals surface area contributed by atoms with Crippen LogP contribution in [0.3, 0.4) is 0 Å². The predicted octanol–water partition coefficient (Wildman–Crippen LogP) is 2.34. The first kappa shape index (κ1) is 12.2. The van der Waals surface area contributed by atoms with Crippen LogP contribution in [0.1, 0.15) is 18.4 Å². The molecular weight excluding hydrogens is 234 g/mol.